The van der Waals surface area contributed by atoms with Crippen LogP contribution in [0.4, 0.5) is 5.95 Å². The van der Waals surface area contributed by atoms with E-state index in [1.165, 1.54) is 0 Å². The van der Waals surface area contributed by atoms with Gasteiger partial charge in [0.2, 0.25) is 11.2 Å². The standard InChI is InChI=1S/C12H13ClN4O/c1-8-5-4-6-9(7-8)18-12-15-10(13)14-11(16-12)17(2)3/h4-7H,1-3H3. The van der Waals surface area contributed by atoms with Gasteiger partial charge in [0.15, 0.2) is 0 Å². The van der Waals surface area contributed by atoms with E-state index < -0.39 is 0 Å². The first-order valence-electron chi connectivity index (χ1n) is 5.38. The van der Waals surface area contributed by atoms with Crippen LogP contribution in [0.15, 0.2) is 24.3 Å². The normalized spacial score (nSPS) is 10.2. The van der Waals surface area contributed by atoms with Crippen molar-refractivity contribution in [3.8, 4) is 11.8 Å². The summed E-state index contributed by atoms with van der Waals surface area (Å²) in [5.74, 6) is 1.12. The molecule has 0 saturated heterocycles. The number of anilines is 1. The maximum Gasteiger partial charge on any atom is 0.328 e. The molecule has 1 aromatic heterocycles. The zero-order valence-corrected chi connectivity index (χ0v) is 11.1. The lowest BCUT2D eigenvalue weighted by Crippen LogP contribution is -2.13. The van der Waals surface area contributed by atoms with Gasteiger partial charge in [0, 0.05) is 14.1 Å². The van der Waals surface area contributed by atoms with Crippen LogP contribution in [0, 0.1) is 6.92 Å². The number of rotatable bonds is 3. The molecule has 2 rings (SSSR count). The molecule has 5 nitrogen and oxygen atoms in total. The molecule has 0 aliphatic rings. The van der Waals surface area contributed by atoms with Gasteiger partial charge in [-0.25, -0.2) is 0 Å². The van der Waals surface area contributed by atoms with Gasteiger partial charge in [-0.1, -0.05) is 12.1 Å². The van der Waals surface area contributed by atoms with Crippen molar-refractivity contribution < 1.29 is 4.74 Å². The minimum absolute atomic E-state index is 0.108. The van der Waals surface area contributed by atoms with Gasteiger partial charge in [0.05, 0.1) is 0 Å². The number of aromatic nitrogens is 3. The van der Waals surface area contributed by atoms with E-state index in [4.69, 9.17) is 16.3 Å². The minimum Gasteiger partial charge on any atom is -0.424 e. The molecule has 0 atom stereocenters. The molecule has 1 aromatic carbocycles. The molecule has 0 unspecified atom stereocenters. The average molecular weight is 265 g/mol. The van der Waals surface area contributed by atoms with Crippen LogP contribution < -0.4 is 9.64 Å². The summed E-state index contributed by atoms with van der Waals surface area (Å²) in [5.41, 5.74) is 1.10. The van der Waals surface area contributed by atoms with Crippen molar-refractivity contribution in [2.45, 2.75) is 6.92 Å². The predicted molar refractivity (Wildman–Crippen MR) is 70.4 cm³/mol. The second kappa shape index (κ2) is 5.18. The van der Waals surface area contributed by atoms with Gasteiger partial charge in [-0.3, -0.25) is 0 Å². The zero-order chi connectivity index (χ0) is 13.1. The molecule has 0 aliphatic heterocycles. The van der Waals surface area contributed by atoms with Gasteiger partial charge in [0.1, 0.15) is 5.75 Å². The van der Waals surface area contributed by atoms with Gasteiger partial charge in [0.25, 0.3) is 0 Å². The summed E-state index contributed by atoms with van der Waals surface area (Å²) >= 11 is 5.82. The molecule has 0 bridgehead atoms. The Balaban J connectivity index is 2.29. The summed E-state index contributed by atoms with van der Waals surface area (Å²) in [6, 6.07) is 7.80. The predicted octanol–water partition coefficient (Wildman–Crippen LogP) is 2.69. The highest BCUT2D eigenvalue weighted by Gasteiger charge is 2.08. The molecular weight excluding hydrogens is 252 g/mol. The van der Waals surface area contributed by atoms with Crippen LogP contribution in [0.5, 0.6) is 11.8 Å². The number of nitrogens with zero attached hydrogens (tertiary/aromatic N) is 4. The Morgan fingerprint density at radius 2 is 1.94 bits per heavy atom. The van der Waals surface area contributed by atoms with Gasteiger partial charge in [-0.05, 0) is 36.2 Å². The minimum atomic E-state index is 0.108. The van der Waals surface area contributed by atoms with E-state index in [9.17, 15) is 0 Å². The van der Waals surface area contributed by atoms with Crippen LogP contribution in [0.25, 0.3) is 0 Å². The number of halogens is 1. The van der Waals surface area contributed by atoms with Crippen molar-refractivity contribution in [1.82, 2.24) is 15.0 Å². The highest BCUT2D eigenvalue weighted by molar-refractivity contribution is 6.28. The Hall–Kier alpha value is -1.88. The van der Waals surface area contributed by atoms with Crippen LogP contribution in [0.3, 0.4) is 0 Å². The third kappa shape index (κ3) is 3.07. The second-order valence-electron chi connectivity index (χ2n) is 4.00. The number of hydrogen-bond acceptors (Lipinski definition) is 5. The van der Waals surface area contributed by atoms with Crippen molar-refractivity contribution in [2.24, 2.45) is 0 Å². The maximum absolute atomic E-state index is 5.82. The number of ether oxygens (including phenoxy) is 1. The fourth-order valence-electron chi connectivity index (χ4n) is 1.35. The first-order chi connectivity index (χ1) is 8.54. The summed E-state index contributed by atoms with van der Waals surface area (Å²) in [7, 11) is 3.64. The van der Waals surface area contributed by atoms with E-state index in [-0.39, 0.29) is 11.3 Å². The Bertz CT molecular complexity index is 560. The van der Waals surface area contributed by atoms with Crippen molar-refractivity contribution in [2.75, 3.05) is 19.0 Å². The van der Waals surface area contributed by atoms with Crippen LogP contribution in [-0.4, -0.2) is 29.0 Å². The first kappa shape index (κ1) is 12.6. The Labute approximate surface area is 110 Å². The Morgan fingerprint density at radius 1 is 1.17 bits per heavy atom. The maximum atomic E-state index is 5.82. The van der Waals surface area contributed by atoms with Gasteiger partial charge >= 0.3 is 6.01 Å². The smallest absolute Gasteiger partial charge is 0.328 e. The summed E-state index contributed by atoms with van der Waals surface area (Å²) in [5, 5.41) is 0.108. The van der Waals surface area contributed by atoms with E-state index in [1.54, 1.807) is 4.90 Å². The van der Waals surface area contributed by atoms with Crippen LogP contribution in [0.1, 0.15) is 5.56 Å². The van der Waals surface area contributed by atoms with Gasteiger partial charge < -0.3 is 9.64 Å². The molecule has 0 spiro atoms. The fourth-order valence-corrected chi connectivity index (χ4v) is 1.50. The lowest BCUT2D eigenvalue weighted by molar-refractivity contribution is 0.439. The highest BCUT2D eigenvalue weighted by atomic mass is 35.5. The SMILES string of the molecule is Cc1cccc(Oc2nc(Cl)nc(N(C)C)n2)c1. The summed E-state index contributed by atoms with van der Waals surface area (Å²) in [6.45, 7) is 1.98. The van der Waals surface area contributed by atoms with Crippen LogP contribution in [-0.2, 0) is 0 Å². The van der Waals surface area contributed by atoms with E-state index >= 15 is 0 Å². The molecule has 0 amide bonds. The zero-order valence-electron chi connectivity index (χ0n) is 10.4. The van der Waals surface area contributed by atoms with E-state index in [0.717, 1.165) is 5.56 Å². The lowest BCUT2D eigenvalue weighted by Gasteiger charge is -2.11. The largest absolute Gasteiger partial charge is 0.424 e. The lowest BCUT2D eigenvalue weighted by atomic mass is 10.2. The van der Waals surface area contributed by atoms with Crippen molar-refractivity contribution in [3.63, 3.8) is 0 Å². The van der Waals surface area contributed by atoms with Crippen molar-refractivity contribution in [1.29, 1.82) is 0 Å². The summed E-state index contributed by atoms with van der Waals surface area (Å²) in [4.78, 5) is 13.8. The molecule has 0 N–H and O–H groups in total. The van der Waals surface area contributed by atoms with Crippen LogP contribution >= 0.6 is 11.6 Å². The molecule has 6 heteroatoms. The number of hydrogen-bond donors (Lipinski definition) is 0. The van der Waals surface area contributed by atoms with Crippen molar-refractivity contribution >= 4 is 17.5 Å². The quantitative estimate of drug-likeness (QED) is 0.853. The monoisotopic (exact) mass is 264 g/mol. The summed E-state index contributed by atoms with van der Waals surface area (Å²) < 4.78 is 5.56. The van der Waals surface area contributed by atoms with E-state index in [0.29, 0.717) is 11.7 Å². The topological polar surface area (TPSA) is 51.1 Å². The van der Waals surface area contributed by atoms with E-state index in [1.807, 2.05) is 45.3 Å². The van der Waals surface area contributed by atoms with Crippen molar-refractivity contribution in [3.05, 3.63) is 35.1 Å². The molecule has 0 aliphatic carbocycles. The Kier molecular flexibility index (Phi) is 3.62. The Morgan fingerprint density at radius 3 is 2.61 bits per heavy atom. The summed E-state index contributed by atoms with van der Waals surface area (Å²) in [6.07, 6.45) is 0. The molecule has 0 radical (unpaired) electrons. The third-order valence-electron chi connectivity index (χ3n) is 2.17. The highest BCUT2D eigenvalue weighted by Crippen LogP contribution is 2.21. The molecule has 2 aromatic rings. The molecule has 0 saturated carbocycles. The fraction of sp³-hybridized carbons (Fsp3) is 0.250. The van der Waals surface area contributed by atoms with Gasteiger partial charge in [-0.15, -0.1) is 0 Å². The second-order valence-corrected chi connectivity index (χ2v) is 4.34. The van der Waals surface area contributed by atoms with Crippen LogP contribution in [0.2, 0.25) is 5.28 Å². The molecule has 94 valence electrons. The molecule has 18 heavy (non-hydrogen) atoms. The number of aryl methyl sites for hydroxylation is 1. The molecule has 1 heterocycles. The average Bonchev–Trinajstić information content (AvgIpc) is 2.28. The third-order valence-corrected chi connectivity index (χ3v) is 2.34. The van der Waals surface area contributed by atoms with E-state index in [2.05, 4.69) is 15.0 Å². The molecular formula is C12H13ClN4O. The van der Waals surface area contributed by atoms with Gasteiger partial charge in [-0.2, -0.15) is 15.0 Å². The first-order valence-corrected chi connectivity index (χ1v) is 5.76. The molecule has 0 fully saturated rings. The number of benzene rings is 1.